The van der Waals surface area contributed by atoms with E-state index in [9.17, 15) is 4.79 Å². The number of hydrazone groups is 1. The topological polar surface area (TPSA) is 50.7 Å². The highest BCUT2D eigenvalue weighted by Gasteiger charge is 2.02. The molecule has 1 N–H and O–H groups in total. The fraction of sp³-hybridized carbons (Fsp3) is 0.143. The van der Waals surface area contributed by atoms with Crippen LogP contribution in [0.3, 0.4) is 0 Å². The monoisotopic (exact) mass is 274 g/mol. The predicted octanol–water partition coefficient (Wildman–Crippen LogP) is 2.59. The molecule has 0 saturated carbocycles. The van der Waals surface area contributed by atoms with Crippen LogP contribution in [0, 0.1) is 6.92 Å². The van der Waals surface area contributed by atoms with Crippen LogP contribution in [0.15, 0.2) is 46.9 Å². The molecule has 0 saturated heterocycles. The van der Waals surface area contributed by atoms with Crippen molar-refractivity contribution in [3.8, 4) is 5.75 Å². The molecule has 2 aromatic rings. The molecule has 1 amide bonds. The first-order valence-electron chi connectivity index (χ1n) is 5.79. The Morgan fingerprint density at radius 1 is 1.37 bits per heavy atom. The summed E-state index contributed by atoms with van der Waals surface area (Å²) in [5, 5.41) is 5.80. The zero-order valence-electron chi connectivity index (χ0n) is 10.5. The number of amides is 1. The summed E-state index contributed by atoms with van der Waals surface area (Å²) in [5.74, 6) is 0.427. The first-order valence-corrected chi connectivity index (χ1v) is 6.67. The molecule has 0 aliphatic rings. The number of nitrogens with zero attached hydrogens (tertiary/aromatic N) is 1. The minimum atomic E-state index is -0.281. The number of para-hydroxylation sites is 1. The second-order valence-electron chi connectivity index (χ2n) is 3.86. The lowest BCUT2D eigenvalue weighted by Crippen LogP contribution is -2.24. The Kier molecular flexibility index (Phi) is 4.69. The largest absolute Gasteiger partial charge is 0.483 e. The Balaban J connectivity index is 1.78. The van der Waals surface area contributed by atoms with E-state index in [1.54, 1.807) is 17.6 Å². The SMILES string of the molecule is Cc1ccccc1OCC(=O)N/N=C\c1cccs1. The molecule has 1 aromatic heterocycles. The molecule has 1 heterocycles. The Hall–Kier alpha value is -2.14. The Bertz CT molecular complexity index is 565. The van der Waals surface area contributed by atoms with Gasteiger partial charge >= 0.3 is 0 Å². The van der Waals surface area contributed by atoms with Crippen molar-refractivity contribution in [2.24, 2.45) is 5.10 Å². The van der Waals surface area contributed by atoms with Gasteiger partial charge in [0.05, 0.1) is 6.21 Å². The molecule has 0 spiro atoms. The molecule has 5 heteroatoms. The maximum atomic E-state index is 11.5. The van der Waals surface area contributed by atoms with Crippen LogP contribution in [-0.4, -0.2) is 18.7 Å². The average molecular weight is 274 g/mol. The van der Waals surface area contributed by atoms with Crippen LogP contribution >= 0.6 is 11.3 Å². The van der Waals surface area contributed by atoms with Crippen LogP contribution in [0.2, 0.25) is 0 Å². The summed E-state index contributed by atoms with van der Waals surface area (Å²) in [7, 11) is 0. The molecule has 0 bridgehead atoms. The van der Waals surface area contributed by atoms with Crippen LogP contribution in [0.4, 0.5) is 0 Å². The molecule has 4 nitrogen and oxygen atoms in total. The van der Waals surface area contributed by atoms with Gasteiger partial charge in [0.1, 0.15) is 5.75 Å². The number of hydrogen-bond donors (Lipinski definition) is 1. The first kappa shape index (κ1) is 13.3. The maximum Gasteiger partial charge on any atom is 0.277 e. The quantitative estimate of drug-likeness (QED) is 0.673. The van der Waals surface area contributed by atoms with Crippen molar-refractivity contribution in [2.45, 2.75) is 6.92 Å². The zero-order valence-corrected chi connectivity index (χ0v) is 11.3. The van der Waals surface area contributed by atoms with Gasteiger partial charge in [-0.25, -0.2) is 5.43 Å². The van der Waals surface area contributed by atoms with E-state index in [-0.39, 0.29) is 12.5 Å². The number of nitrogens with one attached hydrogen (secondary N) is 1. The summed E-state index contributed by atoms with van der Waals surface area (Å²) in [6.45, 7) is 1.88. The molecule has 0 radical (unpaired) electrons. The van der Waals surface area contributed by atoms with Gasteiger partial charge in [-0.05, 0) is 30.0 Å². The molecule has 0 fully saturated rings. The van der Waals surface area contributed by atoms with Gasteiger partial charge in [-0.15, -0.1) is 11.3 Å². The number of thiophene rings is 1. The van der Waals surface area contributed by atoms with Gasteiger partial charge in [0, 0.05) is 4.88 Å². The Labute approximate surface area is 115 Å². The van der Waals surface area contributed by atoms with Gasteiger partial charge < -0.3 is 4.74 Å². The van der Waals surface area contributed by atoms with Gasteiger partial charge in [0.2, 0.25) is 0 Å². The van der Waals surface area contributed by atoms with Gasteiger partial charge in [-0.3, -0.25) is 4.79 Å². The van der Waals surface area contributed by atoms with Crippen molar-refractivity contribution in [3.05, 3.63) is 52.2 Å². The summed E-state index contributed by atoms with van der Waals surface area (Å²) in [6.07, 6.45) is 1.61. The van der Waals surface area contributed by atoms with Crippen molar-refractivity contribution in [2.75, 3.05) is 6.61 Å². The van der Waals surface area contributed by atoms with E-state index in [4.69, 9.17) is 4.74 Å². The van der Waals surface area contributed by atoms with Gasteiger partial charge in [0.25, 0.3) is 5.91 Å². The van der Waals surface area contributed by atoms with E-state index < -0.39 is 0 Å². The molecule has 0 atom stereocenters. The molecule has 2 rings (SSSR count). The lowest BCUT2D eigenvalue weighted by molar-refractivity contribution is -0.123. The third-order valence-electron chi connectivity index (χ3n) is 2.38. The maximum absolute atomic E-state index is 11.5. The first-order chi connectivity index (χ1) is 9.25. The van der Waals surface area contributed by atoms with E-state index in [0.29, 0.717) is 5.75 Å². The smallest absolute Gasteiger partial charge is 0.277 e. The third kappa shape index (κ3) is 4.22. The highest BCUT2D eigenvalue weighted by molar-refractivity contribution is 7.11. The number of carbonyl (C=O) groups is 1. The Morgan fingerprint density at radius 3 is 2.95 bits per heavy atom. The fourth-order valence-corrected chi connectivity index (χ4v) is 2.01. The van der Waals surface area contributed by atoms with Crippen molar-refractivity contribution in [1.82, 2.24) is 5.43 Å². The fourth-order valence-electron chi connectivity index (χ4n) is 1.43. The van der Waals surface area contributed by atoms with E-state index in [2.05, 4.69) is 10.5 Å². The average Bonchev–Trinajstić information content (AvgIpc) is 2.91. The molecule has 1 aromatic carbocycles. The van der Waals surface area contributed by atoms with E-state index in [1.165, 1.54) is 0 Å². The number of carbonyl (C=O) groups excluding carboxylic acids is 1. The minimum Gasteiger partial charge on any atom is -0.483 e. The number of hydrogen-bond acceptors (Lipinski definition) is 4. The van der Waals surface area contributed by atoms with Crippen molar-refractivity contribution >= 4 is 23.5 Å². The molecule has 0 aliphatic heterocycles. The molecular formula is C14H14N2O2S. The predicted molar refractivity (Wildman–Crippen MR) is 76.7 cm³/mol. The second kappa shape index (κ2) is 6.70. The van der Waals surface area contributed by atoms with Crippen LogP contribution in [0.5, 0.6) is 5.75 Å². The van der Waals surface area contributed by atoms with Crippen LogP contribution in [-0.2, 0) is 4.79 Å². The molecule has 98 valence electrons. The van der Waals surface area contributed by atoms with E-state index in [1.807, 2.05) is 48.7 Å². The third-order valence-corrected chi connectivity index (χ3v) is 3.18. The van der Waals surface area contributed by atoms with Crippen LogP contribution < -0.4 is 10.2 Å². The summed E-state index contributed by atoms with van der Waals surface area (Å²) in [6, 6.07) is 11.4. The van der Waals surface area contributed by atoms with E-state index in [0.717, 1.165) is 10.4 Å². The van der Waals surface area contributed by atoms with Crippen molar-refractivity contribution < 1.29 is 9.53 Å². The summed E-state index contributed by atoms with van der Waals surface area (Å²) in [5.41, 5.74) is 3.42. The number of rotatable bonds is 5. The molecule has 0 unspecified atom stereocenters. The van der Waals surface area contributed by atoms with E-state index >= 15 is 0 Å². The normalized spacial score (nSPS) is 10.6. The summed E-state index contributed by atoms with van der Waals surface area (Å²) >= 11 is 1.55. The van der Waals surface area contributed by atoms with Gasteiger partial charge in [-0.2, -0.15) is 5.10 Å². The summed E-state index contributed by atoms with van der Waals surface area (Å²) < 4.78 is 5.40. The van der Waals surface area contributed by atoms with Gasteiger partial charge in [0.15, 0.2) is 6.61 Å². The number of benzene rings is 1. The highest BCUT2D eigenvalue weighted by Crippen LogP contribution is 2.15. The number of aryl methyl sites for hydroxylation is 1. The number of ether oxygens (including phenoxy) is 1. The van der Waals surface area contributed by atoms with Crippen molar-refractivity contribution in [3.63, 3.8) is 0 Å². The zero-order chi connectivity index (χ0) is 13.5. The minimum absolute atomic E-state index is 0.0490. The molecule has 0 aliphatic carbocycles. The molecule has 19 heavy (non-hydrogen) atoms. The standard InChI is InChI=1S/C14H14N2O2S/c1-11-5-2-3-7-13(11)18-10-14(17)16-15-9-12-6-4-8-19-12/h2-9H,10H2,1H3,(H,16,17)/b15-9-. The Morgan fingerprint density at radius 2 is 2.21 bits per heavy atom. The summed E-state index contributed by atoms with van der Waals surface area (Å²) in [4.78, 5) is 12.5. The van der Waals surface area contributed by atoms with Gasteiger partial charge in [-0.1, -0.05) is 24.3 Å². The second-order valence-corrected chi connectivity index (χ2v) is 4.84. The molecular weight excluding hydrogens is 260 g/mol. The lowest BCUT2D eigenvalue weighted by Gasteiger charge is -2.07. The highest BCUT2D eigenvalue weighted by atomic mass is 32.1. The van der Waals surface area contributed by atoms with Crippen molar-refractivity contribution in [1.29, 1.82) is 0 Å². The lowest BCUT2D eigenvalue weighted by atomic mass is 10.2. The van der Waals surface area contributed by atoms with Crippen LogP contribution in [0.25, 0.3) is 0 Å². The van der Waals surface area contributed by atoms with Crippen LogP contribution in [0.1, 0.15) is 10.4 Å².